The number of halogens is 1. The van der Waals surface area contributed by atoms with Gasteiger partial charge in [0.25, 0.3) is 11.8 Å². The minimum absolute atomic E-state index is 0. The van der Waals surface area contributed by atoms with Crippen molar-refractivity contribution in [3.63, 3.8) is 0 Å². The molecule has 3 rings (SSSR count). The van der Waals surface area contributed by atoms with Gasteiger partial charge >= 0.3 is 0 Å². The summed E-state index contributed by atoms with van der Waals surface area (Å²) in [6.07, 6.45) is 1.04. The first kappa shape index (κ1) is 19.8. The summed E-state index contributed by atoms with van der Waals surface area (Å²) in [7, 11) is -3.36. The third kappa shape index (κ3) is 4.20. The molecule has 0 spiro atoms. The summed E-state index contributed by atoms with van der Waals surface area (Å²) in [4.78, 5) is 25.6. The highest BCUT2D eigenvalue weighted by atomic mass is 35.5. The first-order valence-electron chi connectivity index (χ1n) is 8.14. The third-order valence-corrected chi connectivity index (χ3v) is 6.31. The SMILES string of the molecule is Cl.O=C1c2ccccc2C(=O)N1CCCS(=O)(=O)N1CCCNCC1. The van der Waals surface area contributed by atoms with Crippen LogP contribution in [0.3, 0.4) is 0 Å². The monoisotopic (exact) mass is 387 g/mol. The molecule has 1 fully saturated rings. The van der Waals surface area contributed by atoms with Crippen LogP contribution in [-0.4, -0.2) is 67.9 Å². The molecule has 2 aliphatic rings. The lowest BCUT2D eigenvalue weighted by Crippen LogP contribution is -2.37. The third-order valence-electron chi connectivity index (χ3n) is 4.35. The molecule has 1 aromatic rings. The fraction of sp³-hybridized carbons (Fsp3) is 0.500. The van der Waals surface area contributed by atoms with Crippen molar-refractivity contribution < 1.29 is 18.0 Å². The second kappa shape index (κ2) is 8.27. The van der Waals surface area contributed by atoms with Gasteiger partial charge in [0.05, 0.1) is 16.9 Å². The predicted octanol–water partition coefficient (Wildman–Crippen LogP) is 0.720. The number of fused-ring (bicyclic) bond motifs is 1. The number of rotatable bonds is 5. The molecule has 1 saturated heterocycles. The van der Waals surface area contributed by atoms with E-state index in [1.165, 1.54) is 4.31 Å². The second-order valence-corrected chi connectivity index (χ2v) is 8.07. The summed E-state index contributed by atoms with van der Waals surface area (Å²) in [6.45, 7) is 2.58. The molecule has 0 bridgehead atoms. The zero-order valence-corrected chi connectivity index (χ0v) is 15.4. The average Bonchev–Trinajstić information content (AvgIpc) is 2.79. The number of hydrogen-bond donors (Lipinski definition) is 1. The molecule has 9 heteroatoms. The van der Waals surface area contributed by atoms with E-state index in [0.29, 0.717) is 30.8 Å². The minimum atomic E-state index is -3.36. The van der Waals surface area contributed by atoms with Crippen LogP contribution >= 0.6 is 12.4 Å². The van der Waals surface area contributed by atoms with Crippen molar-refractivity contribution in [2.24, 2.45) is 0 Å². The van der Waals surface area contributed by atoms with Crippen molar-refractivity contribution >= 4 is 34.2 Å². The number of carbonyl (C=O) groups is 2. The summed E-state index contributed by atoms with van der Waals surface area (Å²) in [5.74, 6) is -0.737. The molecular weight excluding hydrogens is 366 g/mol. The zero-order chi connectivity index (χ0) is 17.2. The van der Waals surface area contributed by atoms with E-state index in [0.717, 1.165) is 17.9 Å². The van der Waals surface area contributed by atoms with Gasteiger partial charge in [-0.15, -0.1) is 12.4 Å². The van der Waals surface area contributed by atoms with Gasteiger partial charge in [-0.2, -0.15) is 0 Å². The van der Waals surface area contributed by atoms with E-state index >= 15 is 0 Å². The van der Waals surface area contributed by atoms with Crippen LogP contribution in [0.2, 0.25) is 0 Å². The molecule has 25 heavy (non-hydrogen) atoms. The summed E-state index contributed by atoms with van der Waals surface area (Å²) >= 11 is 0. The Labute approximate surface area is 153 Å². The van der Waals surface area contributed by atoms with Crippen LogP contribution < -0.4 is 5.32 Å². The van der Waals surface area contributed by atoms with E-state index < -0.39 is 10.0 Å². The fourth-order valence-corrected chi connectivity index (χ4v) is 4.60. The number of amides is 2. The lowest BCUT2D eigenvalue weighted by molar-refractivity contribution is 0.0654. The lowest BCUT2D eigenvalue weighted by Gasteiger charge is -2.20. The van der Waals surface area contributed by atoms with Crippen LogP contribution in [0.15, 0.2) is 24.3 Å². The van der Waals surface area contributed by atoms with Crippen molar-refractivity contribution in [1.29, 1.82) is 0 Å². The van der Waals surface area contributed by atoms with E-state index in [1.54, 1.807) is 24.3 Å². The maximum atomic E-state index is 12.4. The Morgan fingerprint density at radius 2 is 1.64 bits per heavy atom. The van der Waals surface area contributed by atoms with Gasteiger partial charge in [-0.3, -0.25) is 14.5 Å². The van der Waals surface area contributed by atoms with Crippen molar-refractivity contribution in [3.05, 3.63) is 35.4 Å². The van der Waals surface area contributed by atoms with Crippen molar-refractivity contribution in [3.8, 4) is 0 Å². The van der Waals surface area contributed by atoms with Gasteiger partial charge in [-0.05, 0) is 31.5 Å². The fourth-order valence-electron chi connectivity index (χ4n) is 3.08. The molecule has 2 heterocycles. The van der Waals surface area contributed by atoms with Gasteiger partial charge in [0.1, 0.15) is 0 Å². The van der Waals surface area contributed by atoms with Gasteiger partial charge in [-0.1, -0.05) is 12.1 Å². The standard InChI is InChI=1S/C16H21N3O4S.ClH/c20-15-13-5-1-2-6-14(13)16(21)19(15)10-4-12-24(22,23)18-9-3-7-17-8-11-18;/h1-2,5-6,17H,3-4,7-12H2;1H. The molecule has 0 aliphatic carbocycles. The number of sulfonamides is 1. The highest BCUT2D eigenvalue weighted by molar-refractivity contribution is 7.89. The first-order valence-corrected chi connectivity index (χ1v) is 9.75. The van der Waals surface area contributed by atoms with Crippen LogP contribution in [0.4, 0.5) is 0 Å². The smallest absolute Gasteiger partial charge is 0.261 e. The first-order chi connectivity index (χ1) is 11.5. The van der Waals surface area contributed by atoms with Gasteiger partial charge in [-0.25, -0.2) is 12.7 Å². The highest BCUT2D eigenvalue weighted by Gasteiger charge is 2.35. The molecule has 0 radical (unpaired) electrons. The molecule has 2 amide bonds. The summed E-state index contributed by atoms with van der Waals surface area (Å²) < 4.78 is 26.3. The molecule has 0 saturated carbocycles. The Morgan fingerprint density at radius 1 is 1.00 bits per heavy atom. The molecule has 138 valence electrons. The highest BCUT2D eigenvalue weighted by Crippen LogP contribution is 2.22. The quantitative estimate of drug-likeness (QED) is 0.752. The number of hydrogen-bond acceptors (Lipinski definition) is 5. The Hall–Kier alpha value is -1.48. The van der Waals surface area contributed by atoms with Crippen LogP contribution in [-0.2, 0) is 10.0 Å². The number of imide groups is 1. The maximum absolute atomic E-state index is 12.4. The molecular formula is C16H22ClN3O4S. The number of benzene rings is 1. The lowest BCUT2D eigenvalue weighted by atomic mass is 10.1. The van der Waals surface area contributed by atoms with Crippen molar-refractivity contribution in [1.82, 2.24) is 14.5 Å². The topological polar surface area (TPSA) is 86.8 Å². The number of nitrogens with one attached hydrogen (secondary N) is 1. The average molecular weight is 388 g/mol. The Bertz CT molecular complexity index is 711. The minimum Gasteiger partial charge on any atom is -0.315 e. The van der Waals surface area contributed by atoms with E-state index in [1.807, 2.05) is 0 Å². The normalized spacial score (nSPS) is 18.6. The molecule has 0 atom stereocenters. The van der Waals surface area contributed by atoms with Crippen LogP contribution in [0, 0.1) is 0 Å². The van der Waals surface area contributed by atoms with Gasteiger partial charge in [0, 0.05) is 26.2 Å². The van der Waals surface area contributed by atoms with Gasteiger partial charge in [0.15, 0.2) is 0 Å². The van der Waals surface area contributed by atoms with E-state index in [9.17, 15) is 18.0 Å². The van der Waals surface area contributed by atoms with Crippen molar-refractivity contribution in [2.75, 3.05) is 38.5 Å². The second-order valence-electron chi connectivity index (χ2n) is 5.98. The Kier molecular flexibility index (Phi) is 6.56. The van der Waals surface area contributed by atoms with E-state index in [4.69, 9.17) is 0 Å². The summed E-state index contributed by atoms with van der Waals surface area (Å²) in [6, 6.07) is 6.67. The Morgan fingerprint density at radius 3 is 2.28 bits per heavy atom. The predicted molar refractivity (Wildman–Crippen MR) is 96.5 cm³/mol. The van der Waals surface area contributed by atoms with Crippen LogP contribution in [0.5, 0.6) is 0 Å². The molecule has 0 aromatic heterocycles. The summed E-state index contributed by atoms with van der Waals surface area (Å²) in [5, 5.41) is 3.17. The largest absolute Gasteiger partial charge is 0.315 e. The van der Waals surface area contributed by atoms with Crippen LogP contribution in [0.1, 0.15) is 33.6 Å². The molecule has 0 unspecified atom stereocenters. The van der Waals surface area contributed by atoms with E-state index in [2.05, 4.69) is 5.32 Å². The van der Waals surface area contributed by atoms with Gasteiger partial charge < -0.3 is 5.32 Å². The van der Waals surface area contributed by atoms with Gasteiger partial charge in [0.2, 0.25) is 10.0 Å². The molecule has 1 aromatic carbocycles. The molecule has 2 aliphatic heterocycles. The van der Waals surface area contributed by atoms with Crippen LogP contribution in [0.25, 0.3) is 0 Å². The Balaban J connectivity index is 0.00000225. The molecule has 1 N–H and O–H groups in total. The van der Waals surface area contributed by atoms with E-state index in [-0.39, 0.29) is 42.9 Å². The summed E-state index contributed by atoms with van der Waals surface area (Å²) in [5.41, 5.74) is 0.785. The zero-order valence-electron chi connectivity index (χ0n) is 13.8. The number of nitrogens with zero attached hydrogens (tertiary/aromatic N) is 2. The molecule has 7 nitrogen and oxygen atoms in total. The number of carbonyl (C=O) groups excluding carboxylic acids is 2. The van der Waals surface area contributed by atoms with Crippen molar-refractivity contribution in [2.45, 2.75) is 12.8 Å². The maximum Gasteiger partial charge on any atom is 0.261 e.